The Morgan fingerprint density at radius 2 is 1.90 bits per heavy atom. The summed E-state index contributed by atoms with van der Waals surface area (Å²) in [5.41, 5.74) is -0.231. The fourth-order valence-electron chi connectivity index (χ4n) is 1.50. The third-order valence-electron chi connectivity index (χ3n) is 2.41. The van der Waals surface area contributed by atoms with Crippen molar-refractivity contribution < 1.29 is 18.3 Å². The topological polar surface area (TPSA) is 96.4 Å². The lowest BCUT2D eigenvalue weighted by Crippen LogP contribution is -2.14. The van der Waals surface area contributed by atoms with Crippen molar-refractivity contribution in [3.8, 4) is 0 Å². The Hall–Kier alpha value is -1.83. The number of sulfonamides is 1. The van der Waals surface area contributed by atoms with Crippen LogP contribution in [0.3, 0.4) is 0 Å². The molecule has 9 heteroatoms. The smallest absolute Gasteiger partial charge is 0.354 e. The van der Waals surface area contributed by atoms with Crippen molar-refractivity contribution in [2.24, 2.45) is 0 Å². The molecule has 0 saturated heterocycles. The van der Waals surface area contributed by atoms with Gasteiger partial charge in [0.15, 0.2) is 0 Å². The average Bonchev–Trinajstić information content (AvgIpc) is 2.41. The molecule has 2 aromatic rings. The summed E-state index contributed by atoms with van der Waals surface area (Å²) in [5.74, 6) is -1.27. The lowest BCUT2D eigenvalue weighted by atomic mass is 10.3. The fraction of sp³-hybridized carbons (Fsp3) is 0. The van der Waals surface area contributed by atoms with Gasteiger partial charge in [-0.3, -0.25) is 4.72 Å². The number of carboxylic acid groups (broad SMARTS) is 1. The molecule has 0 unspecified atom stereocenters. The number of carboxylic acids is 1. The molecular weight excluding hydrogens is 339 g/mol. The lowest BCUT2D eigenvalue weighted by Gasteiger charge is -2.10. The standard InChI is InChI=1S/C12H8Cl2N2O4S/c13-7-1-2-9(14)11(5-7)21(19,20)16-8-3-4-15-10(6-8)12(17)18/h1-6H,(H,15,16)(H,17,18). The molecule has 2 N–H and O–H groups in total. The van der Waals surface area contributed by atoms with Crippen LogP contribution in [0.5, 0.6) is 0 Å². The minimum Gasteiger partial charge on any atom is -0.477 e. The van der Waals surface area contributed by atoms with Crippen molar-refractivity contribution in [1.82, 2.24) is 4.98 Å². The van der Waals surface area contributed by atoms with E-state index in [0.717, 1.165) is 6.07 Å². The molecule has 1 aromatic heterocycles. The first-order chi connectivity index (χ1) is 9.79. The number of aromatic nitrogens is 1. The maximum absolute atomic E-state index is 12.2. The predicted molar refractivity (Wildman–Crippen MR) is 78.5 cm³/mol. The molecule has 6 nitrogen and oxygen atoms in total. The quantitative estimate of drug-likeness (QED) is 0.887. The summed E-state index contributed by atoms with van der Waals surface area (Å²) in [6.07, 6.45) is 1.18. The summed E-state index contributed by atoms with van der Waals surface area (Å²) in [5, 5.41) is 9.04. The van der Waals surface area contributed by atoms with Crippen LogP contribution in [0.25, 0.3) is 0 Å². The van der Waals surface area contributed by atoms with Crippen LogP contribution in [0.2, 0.25) is 10.0 Å². The molecule has 0 aliphatic carbocycles. The fourth-order valence-corrected chi connectivity index (χ4v) is 3.32. The van der Waals surface area contributed by atoms with E-state index in [1.807, 2.05) is 0 Å². The molecular formula is C12H8Cl2N2O4S. The highest BCUT2D eigenvalue weighted by Gasteiger charge is 2.19. The summed E-state index contributed by atoms with van der Waals surface area (Å²) in [6.45, 7) is 0. The van der Waals surface area contributed by atoms with Crippen molar-refractivity contribution in [3.05, 3.63) is 52.3 Å². The van der Waals surface area contributed by atoms with Gasteiger partial charge in [-0.2, -0.15) is 0 Å². The molecule has 1 aromatic carbocycles. The van der Waals surface area contributed by atoms with Crippen LogP contribution in [-0.4, -0.2) is 24.5 Å². The van der Waals surface area contributed by atoms with Gasteiger partial charge in [0.25, 0.3) is 10.0 Å². The number of pyridine rings is 1. The normalized spacial score (nSPS) is 11.1. The number of carbonyl (C=O) groups is 1. The molecule has 0 aliphatic heterocycles. The zero-order chi connectivity index (χ0) is 15.6. The summed E-state index contributed by atoms with van der Waals surface area (Å²) < 4.78 is 26.7. The second-order valence-electron chi connectivity index (χ2n) is 3.92. The molecule has 0 fully saturated rings. The molecule has 2 rings (SSSR count). The Labute approximate surface area is 130 Å². The monoisotopic (exact) mass is 346 g/mol. The molecule has 0 bridgehead atoms. The van der Waals surface area contributed by atoms with Gasteiger partial charge in [0, 0.05) is 11.2 Å². The van der Waals surface area contributed by atoms with Gasteiger partial charge in [0.2, 0.25) is 0 Å². The Kier molecular flexibility index (Phi) is 4.36. The summed E-state index contributed by atoms with van der Waals surface area (Å²) in [4.78, 5) is 14.2. The van der Waals surface area contributed by atoms with Crippen LogP contribution in [0, 0.1) is 0 Å². The number of rotatable bonds is 4. The van der Waals surface area contributed by atoms with E-state index in [1.165, 1.54) is 30.5 Å². The van der Waals surface area contributed by atoms with Gasteiger partial charge in [-0.25, -0.2) is 18.2 Å². The van der Waals surface area contributed by atoms with E-state index in [1.54, 1.807) is 0 Å². The van der Waals surface area contributed by atoms with Crippen molar-refractivity contribution >= 4 is 44.9 Å². The van der Waals surface area contributed by atoms with Crippen molar-refractivity contribution in [3.63, 3.8) is 0 Å². The van der Waals surface area contributed by atoms with Crippen LogP contribution in [-0.2, 0) is 10.0 Å². The number of aromatic carboxylic acids is 1. The first kappa shape index (κ1) is 15.6. The van der Waals surface area contributed by atoms with Gasteiger partial charge in [-0.05, 0) is 30.3 Å². The SMILES string of the molecule is O=C(O)c1cc(NS(=O)(=O)c2cc(Cl)ccc2Cl)ccn1. The minimum atomic E-state index is -4.00. The van der Waals surface area contributed by atoms with E-state index < -0.39 is 16.0 Å². The second-order valence-corrected chi connectivity index (χ2v) is 6.41. The zero-order valence-corrected chi connectivity index (χ0v) is 12.6. The molecule has 0 aliphatic rings. The van der Waals surface area contributed by atoms with Crippen LogP contribution in [0.1, 0.15) is 10.5 Å². The minimum absolute atomic E-state index is 0.000542. The number of nitrogens with zero attached hydrogens (tertiary/aromatic N) is 1. The second kappa shape index (κ2) is 5.88. The van der Waals surface area contributed by atoms with Gasteiger partial charge in [-0.1, -0.05) is 23.2 Å². The van der Waals surface area contributed by atoms with Crippen LogP contribution in [0.15, 0.2) is 41.4 Å². The molecule has 21 heavy (non-hydrogen) atoms. The third kappa shape index (κ3) is 3.63. The zero-order valence-electron chi connectivity index (χ0n) is 10.2. The Morgan fingerprint density at radius 3 is 2.57 bits per heavy atom. The van der Waals surface area contributed by atoms with Gasteiger partial charge in [0.1, 0.15) is 10.6 Å². The Bertz CT molecular complexity index is 809. The maximum Gasteiger partial charge on any atom is 0.354 e. The lowest BCUT2D eigenvalue weighted by molar-refractivity contribution is 0.0690. The number of benzene rings is 1. The summed E-state index contributed by atoms with van der Waals surface area (Å²) >= 11 is 11.6. The molecule has 110 valence electrons. The number of nitrogens with one attached hydrogen (secondary N) is 1. The van der Waals surface area contributed by atoms with E-state index in [0.29, 0.717) is 0 Å². The first-order valence-electron chi connectivity index (χ1n) is 5.47. The maximum atomic E-state index is 12.2. The highest BCUT2D eigenvalue weighted by Crippen LogP contribution is 2.26. The van der Waals surface area contributed by atoms with Gasteiger partial charge in [-0.15, -0.1) is 0 Å². The summed E-state index contributed by atoms with van der Waals surface area (Å²) in [7, 11) is -4.00. The molecule has 0 atom stereocenters. The first-order valence-corrected chi connectivity index (χ1v) is 7.71. The molecule has 0 spiro atoms. The predicted octanol–water partition coefficient (Wildman–Crippen LogP) is 2.89. The largest absolute Gasteiger partial charge is 0.477 e. The Balaban J connectivity index is 2.40. The van der Waals surface area contributed by atoms with Crippen LogP contribution in [0.4, 0.5) is 5.69 Å². The van der Waals surface area contributed by atoms with Crippen LogP contribution >= 0.6 is 23.2 Å². The molecule has 0 radical (unpaired) electrons. The molecule has 0 amide bonds. The van der Waals surface area contributed by atoms with E-state index in [-0.39, 0.29) is 26.3 Å². The number of anilines is 1. The van der Waals surface area contributed by atoms with Gasteiger partial charge < -0.3 is 5.11 Å². The average molecular weight is 347 g/mol. The summed E-state index contributed by atoms with van der Waals surface area (Å²) in [6, 6.07) is 6.43. The number of hydrogen-bond donors (Lipinski definition) is 2. The van der Waals surface area contributed by atoms with Crippen molar-refractivity contribution in [2.75, 3.05) is 4.72 Å². The van der Waals surface area contributed by atoms with Crippen molar-refractivity contribution in [2.45, 2.75) is 4.90 Å². The molecule has 1 heterocycles. The number of halogens is 2. The van der Waals surface area contributed by atoms with E-state index in [2.05, 4.69) is 9.71 Å². The highest BCUT2D eigenvalue weighted by molar-refractivity contribution is 7.92. The Morgan fingerprint density at radius 1 is 1.19 bits per heavy atom. The van der Waals surface area contributed by atoms with Crippen molar-refractivity contribution in [1.29, 1.82) is 0 Å². The highest BCUT2D eigenvalue weighted by atomic mass is 35.5. The van der Waals surface area contributed by atoms with Gasteiger partial charge in [0.05, 0.1) is 10.7 Å². The van der Waals surface area contributed by atoms with Gasteiger partial charge >= 0.3 is 5.97 Å². The van der Waals surface area contributed by atoms with E-state index in [4.69, 9.17) is 28.3 Å². The van der Waals surface area contributed by atoms with Crippen LogP contribution < -0.4 is 4.72 Å². The number of hydrogen-bond acceptors (Lipinski definition) is 4. The molecule has 0 saturated carbocycles. The van der Waals surface area contributed by atoms with E-state index >= 15 is 0 Å². The van der Waals surface area contributed by atoms with E-state index in [9.17, 15) is 13.2 Å². The third-order valence-corrected chi connectivity index (χ3v) is 4.51.